The fourth-order valence-corrected chi connectivity index (χ4v) is 3.22. The van der Waals surface area contributed by atoms with Gasteiger partial charge in [0, 0.05) is 32.3 Å². The van der Waals surface area contributed by atoms with Gasteiger partial charge in [0.25, 0.3) is 5.91 Å². The molecule has 2 fully saturated rings. The summed E-state index contributed by atoms with van der Waals surface area (Å²) in [6.45, 7) is 1.32. The second-order valence-corrected chi connectivity index (χ2v) is 6.59. The van der Waals surface area contributed by atoms with Crippen LogP contribution in [0, 0.1) is 0 Å². The molecule has 0 N–H and O–H groups in total. The van der Waals surface area contributed by atoms with E-state index in [1.165, 1.54) is 0 Å². The molecule has 6 nitrogen and oxygen atoms in total. The largest absolute Gasteiger partial charge is 0.345 e. The Morgan fingerprint density at radius 1 is 1.36 bits per heavy atom. The molecule has 1 atom stereocenters. The molecule has 116 valence electrons. The molecule has 0 radical (unpaired) electrons. The van der Waals surface area contributed by atoms with Crippen LogP contribution in [-0.4, -0.2) is 38.6 Å². The molecule has 0 aromatic carbocycles. The van der Waals surface area contributed by atoms with Gasteiger partial charge in [-0.3, -0.25) is 4.79 Å². The maximum Gasteiger partial charge on any atom is 0.270 e. The predicted octanol–water partition coefficient (Wildman–Crippen LogP) is 2.57. The fourth-order valence-electron chi connectivity index (χ4n) is 2.97. The summed E-state index contributed by atoms with van der Waals surface area (Å²) in [5.74, 6) is 2.12. The summed E-state index contributed by atoms with van der Waals surface area (Å²) in [6, 6.07) is 1.70. The quantitative estimate of drug-likeness (QED) is 0.872. The van der Waals surface area contributed by atoms with Gasteiger partial charge in [0.05, 0.1) is 10.9 Å². The van der Waals surface area contributed by atoms with Crippen LogP contribution in [0.4, 0.5) is 0 Å². The molecular formula is C15H17ClN4O2. The van der Waals surface area contributed by atoms with Crippen LogP contribution in [0.5, 0.6) is 0 Å². The van der Waals surface area contributed by atoms with Gasteiger partial charge in [-0.05, 0) is 25.3 Å². The van der Waals surface area contributed by atoms with Crippen molar-refractivity contribution >= 4 is 17.5 Å². The second kappa shape index (κ2) is 5.12. The van der Waals surface area contributed by atoms with Gasteiger partial charge >= 0.3 is 0 Å². The van der Waals surface area contributed by atoms with Crippen LogP contribution in [-0.2, 0) is 7.05 Å². The van der Waals surface area contributed by atoms with Crippen molar-refractivity contribution in [2.45, 2.75) is 31.1 Å². The molecule has 1 saturated carbocycles. The molecule has 1 aliphatic carbocycles. The third kappa shape index (κ3) is 2.41. The number of nitrogens with zero attached hydrogens (tertiary/aromatic N) is 4. The molecular weight excluding hydrogens is 304 g/mol. The minimum absolute atomic E-state index is 0.00108. The van der Waals surface area contributed by atoms with E-state index in [-0.39, 0.29) is 11.8 Å². The Morgan fingerprint density at radius 3 is 2.86 bits per heavy atom. The summed E-state index contributed by atoms with van der Waals surface area (Å²) in [6.07, 6.45) is 4.91. The van der Waals surface area contributed by atoms with Crippen LogP contribution < -0.4 is 0 Å². The number of likely N-dealkylation sites (tertiary alicyclic amines) is 1. The van der Waals surface area contributed by atoms with Crippen LogP contribution in [0.15, 0.2) is 16.8 Å². The van der Waals surface area contributed by atoms with Crippen LogP contribution in [0.3, 0.4) is 0 Å². The van der Waals surface area contributed by atoms with E-state index in [1.807, 2.05) is 11.9 Å². The lowest BCUT2D eigenvalue weighted by Gasteiger charge is -2.16. The number of aromatic nitrogens is 3. The highest BCUT2D eigenvalue weighted by Crippen LogP contribution is 2.39. The van der Waals surface area contributed by atoms with Gasteiger partial charge in [-0.25, -0.2) is 0 Å². The predicted molar refractivity (Wildman–Crippen MR) is 80.0 cm³/mol. The molecule has 2 aliphatic rings. The third-order valence-corrected chi connectivity index (χ3v) is 4.62. The van der Waals surface area contributed by atoms with Crippen LogP contribution in [0.1, 0.15) is 53.3 Å². The molecule has 1 unspecified atom stereocenters. The number of carbonyl (C=O) groups excluding carboxylic acids is 1. The zero-order valence-electron chi connectivity index (χ0n) is 12.3. The highest BCUT2D eigenvalue weighted by atomic mass is 35.5. The van der Waals surface area contributed by atoms with Gasteiger partial charge in [0.15, 0.2) is 5.82 Å². The van der Waals surface area contributed by atoms with Crippen LogP contribution in [0.2, 0.25) is 5.02 Å². The SMILES string of the molecule is Cn1cc(Cl)cc1C(=O)N1CCC(c2nc(C3CC3)no2)C1. The first-order valence-electron chi connectivity index (χ1n) is 7.56. The monoisotopic (exact) mass is 320 g/mol. The molecule has 1 aliphatic heterocycles. The van der Waals surface area contributed by atoms with Crippen molar-refractivity contribution in [2.24, 2.45) is 7.05 Å². The number of hydrogen-bond acceptors (Lipinski definition) is 4. The van der Waals surface area contributed by atoms with Crippen molar-refractivity contribution < 1.29 is 9.32 Å². The summed E-state index contributed by atoms with van der Waals surface area (Å²) >= 11 is 5.95. The maximum absolute atomic E-state index is 12.6. The van der Waals surface area contributed by atoms with E-state index < -0.39 is 0 Å². The van der Waals surface area contributed by atoms with E-state index in [1.54, 1.807) is 16.8 Å². The Bertz CT molecular complexity index is 719. The van der Waals surface area contributed by atoms with Crippen molar-refractivity contribution in [1.82, 2.24) is 19.6 Å². The van der Waals surface area contributed by atoms with E-state index in [4.69, 9.17) is 16.1 Å². The number of aryl methyl sites for hydroxylation is 1. The molecule has 4 rings (SSSR count). The highest BCUT2D eigenvalue weighted by Gasteiger charge is 2.34. The lowest BCUT2D eigenvalue weighted by Crippen LogP contribution is -2.29. The van der Waals surface area contributed by atoms with Gasteiger partial charge in [-0.1, -0.05) is 16.8 Å². The normalized spacial score (nSPS) is 21.5. The summed E-state index contributed by atoms with van der Waals surface area (Å²) in [4.78, 5) is 18.9. The number of rotatable bonds is 3. The Labute approximate surface area is 133 Å². The van der Waals surface area contributed by atoms with E-state index in [0.717, 1.165) is 25.1 Å². The average molecular weight is 321 g/mol. The highest BCUT2D eigenvalue weighted by molar-refractivity contribution is 6.31. The first-order chi connectivity index (χ1) is 10.6. The smallest absolute Gasteiger partial charge is 0.270 e. The second-order valence-electron chi connectivity index (χ2n) is 6.16. The molecule has 0 spiro atoms. The summed E-state index contributed by atoms with van der Waals surface area (Å²) in [5.41, 5.74) is 0.606. The standard InChI is InChI=1S/C15H17ClN4O2/c1-19-8-11(16)6-12(19)15(21)20-5-4-10(7-20)14-17-13(18-22-14)9-2-3-9/h6,8-10H,2-5,7H2,1H3. The average Bonchev–Trinajstić information content (AvgIpc) is 2.91. The van der Waals surface area contributed by atoms with E-state index in [0.29, 0.717) is 35.6 Å². The summed E-state index contributed by atoms with van der Waals surface area (Å²) in [7, 11) is 1.83. The van der Waals surface area contributed by atoms with Crippen molar-refractivity contribution in [3.8, 4) is 0 Å². The Morgan fingerprint density at radius 2 is 2.18 bits per heavy atom. The molecule has 2 aromatic heterocycles. The van der Waals surface area contributed by atoms with E-state index in [2.05, 4.69) is 10.1 Å². The minimum atomic E-state index is -0.00108. The number of hydrogen-bond donors (Lipinski definition) is 0. The molecule has 2 aromatic rings. The molecule has 22 heavy (non-hydrogen) atoms. The first-order valence-corrected chi connectivity index (χ1v) is 7.94. The topological polar surface area (TPSA) is 64.2 Å². The lowest BCUT2D eigenvalue weighted by molar-refractivity contribution is 0.0780. The van der Waals surface area contributed by atoms with Gasteiger partial charge in [0.2, 0.25) is 5.89 Å². The van der Waals surface area contributed by atoms with Gasteiger partial charge in [-0.2, -0.15) is 4.98 Å². The molecule has 3 heterocycles. The fraction of sp³-hybridized carbons (Fsp3) is 0.533. The van der Waals surface area contributed by atoms with Gasteiger partial charge in [-0.15, -0.1) is 0 Å². The Balaban J connectivity index is 1.47. The number of halogens is 1. The molecule has 1 saturated heterocycles. The van der Waals surface area contributed by atoms with Gasteiger partial charge < -0.3 is 14.0 Å². The molecule has 7 heteroatoms. The summed E-state index contributed by atoms with van der Waals surface area (Å²) < 4.78 is 7.15. The van der Waals surface area contributed by atoms with Crippen LogP contribution in [0.25, 0.3) is 0 Å². The van der Waals surface area contributed by atoms with Crippen molar-refractivity contribution in [1.29, 1.82) is 0 Å². The Kier molecular flexibility index (Phi) is 3.22. The third-order valence-electron chi connectivity index (χ3n) is 4.42. The van der Waals surface area contributed by atoms with Crippen LogP contribution >= 0.6 is 11.6 Å². The maximum atomic E-state index is 12.6. The van der Waals surface area contributed by atoms with Crippen molar-refractivity contribution in [2.75, 3.05) is 13.1 Å². The number of carbonyl (C=O) groups is 1. The first kappa shape index (κ1) is 13.8. The number of amides is 1. The molecule has 0 bridgehead atoms. The van der Waals surface area contributed by atoms with E-state index in [9.17, 15) is 4.79 Å². The Hall–Kier alpha value is -1.82. The molecule has 1 amide bonds. The lowest BCUT2D eigenvalue weighted by atomic mass is 10.1. The summed E-state index contributed by atoms with van der Waals surface area (Å²) in [5, 5.41) is 4.63. The van der Waals surface area contributed by atoms with Gasteiger partial charge in [0.1, 0.15) is 5.69 Å². The zero-order chi connectivity index (χ0) is 15.3. The van der Waals surface area contributed by atoms with E-state index >= 15 is 0 Å². The minimum Gasteiger partial charge on any atom is -0.345 e. The van der Waals surface area contributed by atoms with Crippen molar-refractivity contribution in [3.63, 3.8) is 0 Å². The zero-order valence-corrected chi connectivity index (χ0v) is 13.1. The van der Waals surface area contributed by atoms with Crippen molar-refractivity contribution in [3.05, 3.63) is 34.7 Å².